The largest absolute Gasteiger partial charge is 0.296 e. The number of hydrogen-bond donors (Lipinski definition) is 0. The van der Waals surface area contributed by atoms with E-state index in [2.05, 4.69) is 52.0 Å². The van der Waals surface area contributed by atoms with Crippen LogP contribution in [0.5, 0.6) is 0 Å². The lowest BCUT2D eigenvalue weighted by molar-refractivity contribution is 0.152. The normalized spacial score (nSPS) is 22.9. The third-order valence-electron chi connectivity index (χ3n) is 3.24. The molecule has 0 N–H and O–H groups in total. The molecule has 2 heteroatoms. The Labute approximate surface area is 101 Å². The summed E-state index contributed by atoms with van der Waals surface area (Å²) in [6, 6.07) is 9.44. The van der Waals surface area contributed by atoms with Gasteiger partial charge in [-0.05, 0) is 44.0 Å². The van der Waals surface area contributed by atoms with Gasteiger partial charge in [0.25, 0.3) is 0 Å². The highest BCUT2D eigenvalue weighted by Gasteiger charge is 2.17. The Bertz CT molecular complexity index is 307. The molecule has 0 radical (unpaired) electrons. The molecule has 1 aliphatic heterocycles. The topological polar surface area (TPSA) is 3.24 Å². The van der Waals surface area contributed by atoms with Crippen molar-refractivity contribution in [1.82, 2.24) is 4.90 Å². The second kappa shape index (κ2) is 5.13. The third kappa shape index (κ3) is 3.05. The molecule has 1 aromatic carbocycles. The molecule has 0 amide bonds. The van der Waals surface area contributed by atoms with Gasteiger partial charge in [0.2, 0.25) is 0 Å². The number of hydrogen-bond acceptors (Lipinski definition) is 1. The van der Waals surface area contributed by atoms with Gasteiger partial charge in [-0.2, -0.15) is 0 Å². The second-order valence-electron chi connectivity index (χ2n) is 4.44. The molecule has 0 aliphatic carbocycles. The highest BCUT2D eigenvalue weighted by molar-refractivity contribution is 9.10. The highest BCUT2D eigenvalue weighted by atomic mass is 79.9. The van der Waals surface area contributed by atoms with Gasteiger partial charge in [-0.15, -0.1) is 0 Å². The minimum atomic E-state index is 0.752. The van der Waals surface area contributed by atoms with Crippen LogP contribution in [0.4, 0.5) is 0 Å². The Morgan fingerprint density at radius 2 is 2.00 bits per heavy atom. The average molecular weight is 268 g/mol. The summed E-state index contributed by atoms with van der Waals surface area (Å²) in [5, 5.41) is 0. The summed E-state index contributed by atoms with van der Waals surface area (Å²) in [5.74, 6) is 0. The molecular weight excluding hydrogens is 250 g/mol. The Kier molecular flexibility index (Phi) is 3.81. The maximum absolute atomic E-state index is 3.47. The van der Waals surface area contributed by atoms with E-state index in [1.54, 1.807) is 0 Å². The molecule has 1 aromatic rings. The van der Waals surface area contributed by atoms with Crippen LogP contribution >= 0.6 is 15.9 Å². The highest BCUT2D eigenvalue weighted by Crippen LogP contribution is 2.19. The molecule has 1 fully saturated rings. The molecule has 2 rings (SSSR count). The molecule has 82 valence electrons. The van der Waals surface area contributed by atoms with Crippen molar-refractivity contribution in [2.75, 3.05) is 6.54 Å². The first-order valence-corrected chi connectivity index (χ1v) is 6.53. The van der Waals surface area contributed by atoms with Crippen LogP contribution in [0.2, 0.25) is 0 Å². The Morgan fingerprint density at radius 1 is 1.27 bits per heavy atom. The van der Waals surface area contributed by atoms with Crippen molar-refractivity contribution in [3.05, 3.63) is 34.3 Å². The maximum atomic E-state index is 3.47. The Balaban J connectivity index is 1.98. The molecule has 0 bridgehead atoms. The fraction of sp³-hybridized carbons (Fsp3) is 0.538. The van der Waals surface area contributed by atoms with Gasteiger partial charge in [-0.25, -0.2) is 0 Å². The van der Waals surface area contributed by atoms with Crippen molar-refractivity contribution in [2.45, 2.75) is 38.8 Å². The zero-order valence-corrected chi connectivity index (χ0v) is 10.8. The average Bonchev–Trinajstić information content (AvgIpc) is 2.25. The van der Waals surface area contributed by atoms with Crippen molar-refractivity contribution in [3.8, 4) is 0 Å². The van der Waals surface area contributed by atoms with Crippen molar-refractivity contribution >= 4 is 15.9 Å². The molecule has 1 saturated heterocycles. The van der Waals surface area contributed by atoms with Gasteiger partial charge in [0.15, 0.2) is 0 Å². The first-order chi connectivity index (χ1) is 7.25. The quantitative estimate of drug-likeness (QED) is 0.788. The first-order valence-electron chi connectivity index (χ1n) is 5.74. The van der Waals surface area contributed by atoms with Crippen molar-refractivity contribution in [1.29, 1.82) is 0 Å². The lowest BCUT2D eigenvalue weighted by atomic mass is 10.0. The molecule has 1 atom stereocenters. The lowest BCUT2D eigenvalue weighted by Crippen LogP contribution is -2.36. The van der Waals surface area contributed by atoms with Gasteiger partial charge in [0, 0.05) is 17.1 Å². The Hall–Kier alpha value is -0.340. The van der Waals surface area contributed by atoms with Crippen molar-refractivity contribution < 1.29 is 0 Å². The van der Waals surface area contributed by atoms with E-state index in [0.717, 1.165) is 17.1 Å². The third-order valence-corrected chi connectivity index (χ3v) is 3.77. The van der Waals surface area contributed by atoms with Crippen LogP contribution in [0.25, 0.3) is 0 Å². The van der Waals surface area contributed by atoms with E-state index in [-0.39, 0.29) is 0 Å². The molecule has 0 unspecified atom stereocenters. The van der Waals surface area contributed by atoms with Crippen LogP contribution in [-0.2, 0) is 6.54 Å². The van der Waals surface area contributed by atoms with Crippen LogP contribution in [0.1, 0.15) is 31.7 Å². The summed E-state index contributed by atoms with van der Waals surface area (Å²) in [4.78, 5) is 2.59. The maximum Gasteiger partial charge on any atom is 0.0236 e. The predicted molar refractivity (Wildman–Crippen MR) is 67.9 cm³/mol. The van der Waals surface area contributed by atoms with Crippen LogP contribution in [-0.4, -0.2) is 17.5 Å². The SMILES string of the molecule is C[C@@H]1CCCCN1Cc1ccc(Br)cc1. The van der Waals surface area contributed by atoms with Gasteiger partial charge in [0.1, 0.15) is 0 Å². The predicted octanol–water partition coefficient (Wildman–Crippen LogP) is 3.82. The zero-order valence-electron chi connectivity index (χ0n) is 9.25. The van der Waals surface area contributed by atoms with Crippen LogP contribution in [0, 0.1) is 0 Å². The van der Waals surface area contributed by atoms with E-state index in [9.17, 15) is 0 Å². The molecule has 0 spiro atoms. The lowest BCUT2D eigenvalue weighted by Gasteiger charge is -2.33. The van der Waals surface area contributed by atoms with Gasteiger partial charge < -0.3 is 0 Å². The summed E-state index contributed by atoms with van der Waals surface area (Å²) in [6.07, 6.45) is 4.12. The first kappa shape index (κ1) is 11.2. The zero-order chi connectivity index (χ0) is 10.7. The summed E-state index contributed by atoms with van der Waals surface area (Å²) in [7, 11) is 0. The van der Waals surface area contributed by atoms with Crippen LogP contribution < -0.4 is 0 Å². The van der Waals surface area contributed by atoms with E-state index in [4.69, 9.17) is 0 Å². The van der Waals surface area contributed by atoms with Gasteiger partial charge >= 0.3 is 0 Å². The molecule has 15 heavy (non-hydrogen) atoms. The number of benzene rings is 1. The molecule has 1 aliphatic rings. The minimum Gasteiger partial charge on any atom is -0.296 e. The second-order valence-corrected chi connectivity index (χ2v) is 5.36. The van der Waals surface area contributed by atoms with Crippen molar-refractivity contribution in [2.24, 2.45) is 0 Å². The van der Waals surface area contributed by atoms with Crippen LogP contribution in [0.15, 0.2) is 28.7 Å². The summed E-state index contributed by atoms with van der Waals surface area (Å²) in [6.45, 7) is 4.71. The van der Waals surface area contributed by atoms with Gasteiger partial charge in [-0.1, -0.05) is 34.5 Å². The summed E-state index contributed by atoms with van der Waals surface area (Å²) in [5.41, 5.74) is 1.42. The summed E-state index contributed by atoms with van der Waals surface area (Å²) < 4.78 is 1.16. The smallest absolute Gasteiger partial charge is 0.0236 e. The molecule has 0 aromatic heterocycles. The van der Waals surface area contributed by atoms with Gasteiger partial charge in [0.05, 0.1) is 0 Å². The molecule has 1 nitrogen and oxygen atoms in total. The number of piperidine rings is 1. The molecule has 1 heterocycles. The van der Waals surface area contributed by atoms with E-state index >= 15 is 0 Å². The molecule has 0 saturated carbocycles. The number of nitrogens with zero attached hydrogens (tertiary/aromatic N) is 1. The van der Waals surface area contributed by atoms with E-state index < -0.39 is 0 Å². The van der Waals surface area contributed by atoms with E-state index in [0.29, 0.717) is 0 Å². The van der Waals surface area contributed by atoms with E-state index in [1.807, 2.05) is 0 Å². The monoisotopic (exact) mass is 267 g/mol. The standard InChI is InChI=1S/C13H18BrN/c1-11-4-2-3-9-15(11)10-12-5-7-13(14)8-6-12/h5-8,11H,2-4,9-10H2,1H3/t11-/m1/s1. The van der Waals surface area contributed by atoms with Crippen molar-refractivity contribution in [3.63, 3.8) is 0 Å². The Morgan fingerprint density at radius 3 is 2.67 bits per heavy atom. The van der Waals surface area contributed by atoms with Gasteiger partial charge in [-0.3, -0.25) is 4.90 Å². The van der Waals surface area contributed by atoms with E-state index in [1.165, 1.54) is 31.4 Å². The number of rotatable bonds is 2. The van der Waals surface area contributed by atoms with Crippen LogP contribution in [0.3, 0.4) is 0 Å². The minimum absolute atomic E-state index is 0.752. The summed E-state index contributed by atoms with van der Waals surface area (Å²) >= 11 is 3.47. The number of likely N-dealkylation sites (tertiary alicyclic amines) is 1. The fourth-order valence-electron chi connectivity index (χ4n) is 2.22. The fourth-order valence-corrected chi connectivity index (χ4v) is 2.48. The molecular formula is C13H18BrN. The number of halogens is 1.